The molecule has 25 heavy (non-hydrogen) atoms. The van der Waals surface area contributed by atoms with Crippen molar-refractivity contribution in [1.82, 2.24) is 0 Å². The highest BCUT2D eigenvalue weighted by Crippen LogP contribution is 2.26. The molecule has 132 valence electrons. The zero-order valence-electron chi connectivity index (χ0n) is 13.9. The molecule has 0 atom stereocenters. The molecular weight excluding hydrogens is 363 g/mol. The van der Waals surface area contributed by atoms with Gasteiger partial charge in [0.2, 0.25) is 5.91 Å². The molecular formula is C18H18Cl2N2O3. The van der Waals surface area contributed by atoms with Crippen LogP contribution in [0.2, 0.25) is 10.0 Å². The normalized spacial score (nSPS) is 10.2. The number of rotatable bonds is 6. The van der Waals surface area contributed by atoms with Crippen LogP contribution in [0.5, 0.6) is 5.75 Å². The van der Waals surface area contributed by atoms with Gasteiger partial charge in [-0.3, -0.25) is 9.59 Å². The van der Waals surface area contributed by atoms with Gasteiger partial charge >= 0.3 is 0 Å². The smallest absolute Gasteiger partial charge is 0.262 e. The molecule has 2 aromatic carbocycles. The lowest BCUT2D eigenvalue weighted by molar-refractivity contribution is -0.118. The monoisotopic (exact) mass is 380 g/mol. The van der Waals surface area contributed by atoms with E-state index in [4.69, 9.17) is 27.9 Å². The molecule has 0 fully saturated rings. The highest BCUT2D eigenvalue weighted by Gasteiger charge is 2.09. The number of ether oxygens (including phenoxy) is 1. The largest absolute Gasteiger partial charge is 0.484 e. The fourth-order valence-electron chi connectivity index (χ4n) is 1.99. The predicted octanol–water partition coefficient (Wildman–Crippen LogP) is 4.67. The molecule has 2 aromatic rings. The van der Waals surface area contributed by atoms with Gasteiger partial charge in [-0.1, -0.05) is 30.1 Å². The van der Waals surface area contributed by atoms with Crippen molar-refractivity contribution < 1.29 is 14.3 Å². The van der Waals surface area contributed by atoms with Crippen molar-refractivity contribution in [2.45, 2.75) is 20.3 Å². The van der Waals surface area contributed by atoms with Gasteiger partial charge in [-0.2, -0.15) is 0 Å². The van der Waals surface area contributed by atoms with Crippen molar-refractivity contribution in [3.8, 4) is 5.75 Å². The molecule has 0 aromatic heterocycles. The third-order valence-corrected chi connectivity index (χ3v) is 4.10. The van der Waals surface area contributed by atoms with E-state index >= 15 is 0 Å². The van der Waals surface area contributed by atoms with Crippen LogP contribution >= 0.6 is 23.2 Å². The summed E-state index contributed by atoms with van der Waals surface area (Å²) in [6, 6.07) is 10.0. The minimum atomic E-state index is -0.367. The number of carbonyl (C=O) groups excluding carboxylic acids is 2. The Labute approximate surface area is 156 Å². The molecule has 0 radical (unpaired) electrons. The maximum Gasteiger partial charge on any atom is 0.262 e. The summed E-state index contributed by atoms with van der Waals surface area (Å²) in [5.41, 5.74) is 1.82. The van der Waals surface area contributed by atoms with E-state index in [1.165, 1.54) is 0 Å². The summed E-state index contributed by atoms with van der Waals surface area (Å²) in [4.78, 5) is 23.5. The number of hydrogen-bond donors (Lipinski definition) is 2. The van der Waals surface area contributed by atoms with Gasteiger partial charge in [0.05, 0.1) is 10.7 Å². The number of aryl methyl sites for hydroxylation is 1. The molecule has 0 bridgehead atoms. The van der Waals surface area contributed by atoms with Crippen molar-refractivity contribution in [2.75, 3.05) is 17.2 Å². The van der Waals surface area contributed by atoms with Crippen LogP contribution in [0.15, 0.2) is 36.4 Å². The summed E-state index contributed by atoms with van der Waals surface area (Å²) < 4.78 is 5.44. The number of halogens is 2. The first-order valence-corrected chi connectivity index (χ1v) is 8.43. The molecule has 0 aliphatic rings. The Bertz CT molecular complexity index is 794. The van der Waals surface area contributed by atoms with Gasteiger partial charge in [-0.15, -0.1) is 0 Å². The standard InChI is InChI=1S/C18H18Cl2N2O3/c1-3-17(23)21-12-4-6-15(20)16(9-12)22-18(24)10-25-13-5-7-14(19)11(2)8-13/h4-9H,3,10H2,1-2H3,(H,21,23)(H,22,24). The van der Waals surface area contributed by atoms with Crippen LogP contribution in [0.3, 0.4) is 0 Å². The topological polar surface area (TPSA) is 67.4 Å². The van der Waals surface area contributed by atoms with Gasteiger partial charge in [0.25, 0.3) is 5.91 Å². The summed E-state index contributed by atoms with van der Waals surface area (Å²) in [5, 5.41) is 6.37. The van der Waals surface area contributed by atoms with Crippen LogP contribution in [0.4, 0.5) is 11.4 Å². The second kappa shape index (κ2) is 8.74. The summed E-state index contributed by atoms with van der Waals surface area (Å²) in [7, 11) is 0. The van der Waals surface area contributed by atoms with Crippen molar-refractivity contribution in [3.05, 3.63) is 52.0 Å². The first-order valence-electron chi connectivity index (χ1n) is 7.67. The zero-order chi connectivity index (χ0) is 18.4. The highest BCUT2D eigenvalue weighted by atomic mass is 35.5. The number of nitrogens with one attached hydrogen (secondary N) is 2. The van der Waals surface area contributed by atoms with E-state index in [1.54, 1.807) is 43.3 Å². The average molecular weight is 381 g/mol. The van der Waals surface area contributed by atoms with Crippen LogP contribution in [0.25, 0.3) is 0 Å². The number of hydrogen-bond acceptors (Lipinski definition) is 3. The molecule has 0 saturated heterocycles. The Balaban J connectivity index is 1.98. The average Bonchev–Trinajstić information content (AvgIpc) is 2.58. The highest BCUT2D eigenvalue weighted by molar-refractivity contribution is 6.34. The minimum Gasteiger partial charge on any atom is -0.484 e. The molecule has 0 saturated carbocycles. The van der Waals surface area contributed by atoms with Gasteiger partial charge in [0, 0.05) is 17.1 Å². The molecule has 5 nitrogen and oxygen atoms in total. The van der Waals surface area contributed by atoms with E-state index in [2.05, 4.69) is 10.6 Å². The molecule has 0 aliphatic heterocycles. The van der Waals surface area contributed by atoms with Gasteiger partial charge in [-0.25, -0.2) is 0 Å². The summed E-state index contributed by atoms with van der Waals surface area (Å²) in [5.74, 6) is 0.0571. The van der Waals surface area contributed by atoms with Crippen LogP contribution in [-0.4, -0.2) is 18.4 Å². The van der Waals surface area contributed by atoms with Crippen molar-refractivity contribution in [3.63, 3.8) is 0 Å². The molecule has 0 heterocycles. The van der Waals surface area contributed by atoms with Crippen LogP contribution in [-0.2, 0) is 9.59 Å². The Morgan fingerprint density at radius 1 is 1.00 bits per heavy atom. The first kappa shape index (κ1) is 19.1. The Morgan fingerprint density at radius 3 is 2.40 bits per heavy atom. The third kappa shape index (κ3) is 5.66. The maximum atomic E-state index is 12.1. The molecule has 2 rings (SSSR count). The van der Waals surface area contributed by atoms with Gasteiger partial charge in [0.1, 0.15) is 5.75 Å². The number of anilines is 2. The fraction of sp³-hybridized carbons (Fsp3) is 0.222. The lowest BCUT2D eigenvalue weighted by Gasteiger charge is -2.11. The van der Waals surface area contributed by atoms with Crippen LogP contribution < -0.4 is 15.4 Å². The Morgan fingerprint density at radius 2 is 1.72 bits per heavy atom. The summed E-state index contributed by atoms with van der Waals surface area (Å²) in [6.07, 6.45) is 0.360. The van der Waals surface area contributed by atoms with E-state index in [1.807, 2.05) is 6.92 Å². The number of benzene rings is 2. The molecule has 2 N–H and O–H groups in total. The first-order chi connectivity index (χ1) is 11.9. The van der Waals surface area contributed by atoms with Crippen molar-refractivity contribution >= 4 is 46.4 Å². The van der Waals surface area contributed by atoms with E-state index in [0.29, 0.717) is 33.6 Å². The second-order valence-corrected chi connectivity index (χ2v) is 6.16. The van der Waals surface area contributed by atoms with Gasteiger partial charge in [0.15, 0.2) is 6.61 Å². The zero-order valence-corrected chi connectivity index (χ0v) is 15.4. The molecule has 2 amide bonds. The number of amides is 2. The Hall–Kier alpha value is -2.24. The van der Waals surface area contributed by atoms with Crippen molar-refractivity contribution in [2.24, 2.45) is 0 Å². The molecule has 0 spiro atoms. The van der Waals surface area contributed by atoms with Crippen molar-refractivity contribution in [1.29, 1.82) is 0 Å². The fourth-order valence-corrected chi connectivity index (χ4v) is 2.27. The molecule has 0 unspecified atom stereocenters. The van der Waals surface area contributed by atoms with Crippen LogP contribution in [0.1, 0.15) is 18.9 Å². The minimum absolute atomic E-state index is 0.124. The van der Waals surface area contributed by atoms with E-state index in [-0.39, 0.29) is 18.4 Å². The second-order valence-electron chi connectivity index (χ2n) is 5.34. The lowest BCUT2D eigenvalue weighted by Crippen LogP contribution is -2.20. The summed E-state index contributed by atoms with van der Waals surface area (Å²) >= 11 is 12.0. The van der Waals surface area contributed by atoms with Gasteiger partial charge < -0.3 is 15.4 Å². The predicted molar refractivity (Wildman–Crippen MR) is 101 cm³/mol. The lowest BCUT2D eigenvalue weighted by atomic mass is 10.2. The van der Waals surface area contributed by atoms with Crippen LogP contribution in [0, 0.1) is 6.92 Å². The Kier molecular flexibility index (Phi) is 6.67. The molecule has 0 aliphatic carbocycles. The van der Waals surface area contributed by atoms with Gasteiger partial charge in [-0.05, 0) is 48.9 Å². The summed E-state index contributed by atoms with van der Waals surface area (Å²) in [6.45, 7) is 3.43. The molecule has 7 heteroatoms. The maximum absolute atomic E-state index is 12.1. The van der Waals surface area contributed by atoms with E-state index in [9.17, 15) is 9.59 Å². The SMILES string of the molecule is CCC(=O)Nc1ccc(Cl)c(NC(=O)COc2ccc(Cl)c(C)c2)c1. The quantitative estimate of drug-likeness (QED) is 0.764. The number of carbonyl (C=O) groups is 2. The third-order valence-electron chi connectivity index (χ3n) is 3.34. The van der Waals surface area contributed by atoms with E-state index in [0.717, 1.165) is 5.56 Å². The van der Waals surface area contributed by atoms with E-state index < -0.39 is 0 Å².